The number of nitrogens with zero attached hydrogens (tertiary/aromatic N) is 4. The lowest BCUT2D eigenvalue weighted by Crippen LogP contribution is -2.50. The van der Waals surface area contributed by atoms with Crippen molar-refractivity contribution in [3.8, 4) is 11.3 Å². The Hall–Kier alpha value is -3.48. The standard InChI is InChI=1S/C23H24FN5O/c1-16-3-8-20(17(2)15-16)25-23(30)29-13-11-28(12-14-29)22-10-9-21(26-27-22)18-4-6-19(24)7-5-18/h3-10,15H,11-14H2,1-2H3,(H,25,30). The van der Waals surface area contributed by atoms with Crippen LogP contribution >= 0.6 is 0 Å². The Morgan fingerprint density at radius 2 is 1.67 bits per heavy atom. The predicted molar refractivity (Wildman–Crippen MR) is 116 cm³/mol. The number of amides is 2. The maximum atomic E-state index is 13.1. The minimum Gasteiger partial charge on any atom is -0.352 e. The van der Waals surface area contributed by atoms with Crippen molar-refractivity contribution in [1.29, 1.82) is 0 Å². The zero-order chi connectivity index (χ0) is 21.1. The maximum Gasteiger partial charge on any atom is 0.321 e. The lowest BCUT2D eigenvalue weighted by atomic mass is 10.1. The molecule has 154 valence electrons. The fourth-order valence-electron chi connectivity index (χ4n) is 3.56. The number of carbonyl (C=O) groups excluding carboxylic acids is 1. The van der Waals surface area contributed by atoms with Crippen LogP contribution in [-0.4, -0.2) is 47.3 Å². The molecule has 1 N–H and O–H groups in total. The lowest BCUT2D eigenvalue weighted by molar-refractivity contribution is 0.208. The van der Waals surface area contributed by atoms with Crippen LogP contribution in [0.15, 0.2) is 54.6 Å². The van der Waals surface area contributed by atoms with E-state index in [2.05, 4.69) is 26.5 Å². The molecule has 1 aromatic heterocycles. The molecular formula is C23H24FN5O. The zero-order valence-corrected chi connectivity index (χ0v) is 17.1. The summed E-state index contributed by atoms with van der Waals surface area (Å²) in [6.45, 7) is 6.62. The second kappa shape index (κ2) is 8.49. The van der Waals surface area contributed by atoms with Crippen molar-refractivity contribution in [2.45, 2.75) is 13.8 Å². The molecule has 4 rings (SSSR count). The number of carbonyl (C=O) groups is 1. The molecular weight excluding hydrogens is 381 g/mol. The number of hydrogen-bond acceptors (Lipinski definition) is 4. The van der Waals surface area contributed by atoms with E-state index in [1.54, 1.807) is 12.1 Å². The van der Waals surface area contributed by atoms with Crippen molar-refractivity contribution in [3.63, 3.8) is 0 Å². The van der Waals surface area contributed by atoms with Gasteiger partial charge in [0.25, 0.3) is 0 Å². The Balaban J connectivity index is 1.34. The zero-order valence-electron chi connectivity index (χ0n) is 17.1. The second-order valence-electron chi connectivity index (χ2n) is 7.51. The highest BCUT2D eigenvalue weighted by Gasteiger charge is 2.22. The van der Waals surface area contributed by atoms with Gasteiger partial charge in [-0.15, -0.1) is 10.2 Å². The van der Waals surface area contributed by atoms with Crippen LogP contribution in [0.4, 0.5) is 20.7 Å². The number of anilines is 2. The highest BCUT2D eigenvalue weighted by Crippen LogP contribution is 2.21. The number of urea groups is 1. The molecule has 0 radical (unpaired) electrons. The Morgan fingerprint density at radius 1 is 0.933 bits per heavy atom. The molecule has 0 bridgehead atoms. The van der Waals surface area contributed by atoms with Crippen LogP contribution < -0.4 is 10.2 Å². The molecule has 3 aromatic rings. The number of piperazine rings is 1. The summed E-state index contributed by atoms with van der Waals surface area (Å²) in [6, 6.07) is 15.9. The molecule has 1 aliphatic rings. The SMILES string of the molecule is Cc1ccc(NC(=O)N2CCN(c3ccc(-c4ccc(F)cc4)nn3)CC2)c(C)c1. The fourth-order valence-corrected chi connectivity index (χ4v) is 3.56. The summed E-state index contributed by atoms with van der Waals surface area (Å²) in [5.41, 5.74) is 4.59. The van der Waals surface area contributed by atoms with Crippen molar-refractivity contribution < 1.29 is 9.18 Å². The largest absolute Gasteiger partial charge is 0.352 e. The average Bonchev–Trinajstić information content (AvgIpc) is 2.76. The molecule has 2 heterocycles. The van der Waals surface area contributed by atoms with Gasteiger partial charge in [0, 0.05) is 37.4 Å². The van der Waals surface area contributed by atoms with E-state index in [0.29, 0.717) is 31.9 Å². The molecule has 6 nitrogen and oxygen atoms in total. The first kappa shape index (κ1) is 19.8. The van der Waals surface area contributed by atoms with Gasteiger partial charge in [-0.2, -0.15) is 0 Å². The predicted octanol–water partition coefficient (Wildman–Crippen LogP) is 4.25. The topological polar surface area (TPSA) is 61.4 Å². The molecule has 0 spiro atoms. The summed E-state index contributed by atoms with van der Waals surface area (Å²) in [5.74, 6) is 0.498. The van der Waals surface area contributed by atoms with Crippen LogP contribution in [-0.2, 0) is 0 Å². The molecule has 2 aromatic carbocycles. The number of halogens is 1. The van der Waals surface area contributed by atoms with Gasteiger partial charge in [0.1, 0.15) is 5.82 Å². The van der Waals surface area contributed by atoms with E-state index >= 15 is 0 Å². The van der Waals surface area contributed by atoms with Crippen molar-refractivity contribution in [3.05, 3.63) is 71.5 Å². The van der Waals surface area contributed by atoms with E-state index < -0.39 is 0 Å². The van der Waals surface area contributed by atoms with Gasteiger partial charge in [-0.05, 0) is 61.9 Å². The van der Waals surface area contributed by atoms with Crippen molar-refractivity contribution >= 4 is 17.5 Å². The van der Waals surface area contributed by atoms with Crippen molar-refractivity contribution in [1.82, 2.24) is 15.1 Å². The van der Waals surface area contributed by atoms with Gasteiger partial charge in [-0.25, -0.2) is 9.18 Å². The summed E-state index contributed by atoms with van der Waals surface area (Å²) < 4.78 is 13.1. The summed E-state index contributed by atoms with van der Waals surface area (Å²) in [6.07, 6.45) is 0. The van der Waals surface area contributed by atoms with Gasteiger partial charge in [0.15, 0.2) is 5.82 Å². The number of nitrogens with one attached hydrogen (secondary N) is 1. The Labute approximate surface area is 175 Å². The van der Waals surface area contributed by atoms with Gasteiger partial charge in [-0.3, -0.25) is 0 Å². The summed E-state index contributed by atoms with van der Waals surface area (Å²) in [7, 11) is 0. The molecule has 0 unspecified atom stereocenters. The monoisotopic (exact) mass is 405 g/mol. The average molecular weight is 405 g/mol. The first-order chi connectivity index (χ1) is 14.5. The van der Waals surface area contributed by atoms with Crippen LogP contribution in [0.5, 0.6) is 0 Å². The lowest BCUT2D eigenvalue weighted by Gasteiger charge is -2.35. The molecule has 7 heteroatoms. The molecule has 2 amide bonds. The maximum absolute atomic E-state index is 13.1. The molecule has 1 saturated heterocycles. The van der Waals surface area contributed by atoms with Gasteiger partial charge >= 0.3 is 6.03 Å². The number of rotatable bonds is 3. The van der Waals surface area contributed by atoms with E-state index in [4.69, 9.17) is 0 Å². The van der Waals surface area contributed by atoms with E-state index in [-0.39, 0.29) is 11.8 Å². The summed E-state index contributed by atoms with van der Waals surface area (Å²) >= 11 is 0. The molecule has 30 heavy (non-hydrogen) atoms. The first-order valence-corrected chi connectivity index (χ1v) is 9.97. The van der Waals surface area contributed by atoms with Crippen LogP contribution in [0.25, 0.3) is 11.3 Å². The number of hydrogen-bond donors (Lipinski definition) is 1. The van der Waals surface area contributed by atoms with Gasteiger partial charge in [0.05, 0.1) is 5.69 Å². The normalized spacial score (nSPS) is 14.0. The van der Waals surface area contributed by atoms with Crippen LogP contribution in [0.3, 0.4) is 0 Å². The third-order valence-electron chi connectivity index (χ3n) is 5.30. The van der Waals surface area contributed by atoms with Gasteiger partial charge in [0.2, 0.25) is 0 Å². The Kier molecular flexibility index (Phi) is 5.61. The quantitative estimate of drug-likeness (QED) is 0.708. The third-order valence-corrected chi connectivity index (χ3v) is 5.30. The van der Waals surface area contributed by atoms with Crippen LogP contribution in [0.1, 0.15) is 11.1 Å². The Morgan fingerprint density at radius 3 is 2.30 bits per heavy atom. The minimum absolute atomic E-state index is 0.0839. The summed E-state index contributed by atoms with van der Waals surface area (Å²) in [5, 5.41) is 11.6. The second-order valence-corrected chi connectivity index (χ2v) is 7.51. The first-order valence-electron chi connectivity index (χ1n) is 9.97. The van der Waals surface area contributed by atoms with Gasteiger partial charge < -0.3 is 15.1 Å². The van der Waals surface area contributed by atoms with E-state index in [1.807, 2.05) is 43.0 Å². The Bertz CT molecular complexity index is 1030. The van der Waals surface area contributed by atoms with E-state index in [0.717, 1.165) is 22.6 Å². The van der Waals surface area contributed by atoms with Gasteiger partial charge in [-0.1, -0.05) is 17.7 Å². The van der Waals surface area contributed by atoms with E-state index in [9.17, 15) is 9.18 Å². The van der Waals surface area contributed by atoms with E-state index in [1.165, 1.54) is 17.7 Å². The number of aryl methyl sites for hydroxylation is 2. The number of benzene rings is 2. The van der Waals surface area contributed by atoms with Crippen molar-refractivity contribution in [2.24, 2.45) is 0 Å². The number of aromatic nitrogens is 2. The molecule has 0 atom stereocenters. The van der Waals surface area contributed by atoms with Crippen molar-refractivity contribution in [2.75, 3.05) is 36.4 Å². The van der Waals surface area contributed by atoms with Crippen LogP contribution in [0.2, 0.25) is 0 Å². The fraction of sp³-hybridized carbons (Fsp3) is 0.261. The molecule has 1 aliphatic heterocycles. The molecule has 0 aliphatic carbocycles. The third kappa shape index (κ3) is 4.40. The highest BCUT2D eigenvalue weighted by molar-refractivity contribution is 5.90. The summed E-state index contributed by atoms with van der Waals surface area (Å²) in [4.78, 5) is 16.5. The smallest absolute Gasteiger partial charge is 0.321 e. The van der Waals surface area contributed by atoms with Crippen LogP contribution in [0, 0.1) is 19.7 Å². The molecule has 0 saturated carbocycles. The molecule has 1 fully saturated rings. The minimum atomic E-state index is -0.275. The highest BCUT2D eigenvalue weighted by atomic mass is 19.1.